The van der Waals surface area contributed by atoms with Crippen molar-refractivity contribution in [2.75, 3.05) is 5.32 Å². The monoisotopic (exact) mass is 239 g/mol. The van der Waals surface area contributed by atoms with Crippen molar-refractivity contribution in [2.24, 2.45) is 5.92 Å². The molecule has 1 aliphatic heterocycles. The first-order valence-electron chi connectivity index (χ1n) is 5.35. The van der Waals surface area contributed by atoms with Gasteiger partial charge in [-0.15, -0.1) is 0 Å². The number of nitrogens with one attached hydrogen (secondary N) is 1. The summed E-state index contributed by atoms with van der Waals surface area (Å²) in [4.78, 5) is 10.9. The van der Waals surface area contributed by atoms with Crippen LogP contribution in [-0.2, 0) is 11.2 Å². The topological polar surface area (TPSA) is 49.3 Å². The van der Waals surface area contributed by atoms with E-state index in [0.717, 1.165) is 23.6 Å². The van der Waals surface area contributed by atoms with Crippen molar-refractivity contribution < 1.29 is 9.90 Å². The van der Waals surface area contributed by atoms with Crippen LogP contribution in [-0.4, -0.2) is 17.1 Å². The highest BCUT2D eigenvalue weighted by Crippen LogP contribution is 2.29. The molecule has 16 heavy (non-hydrogen) atoms. The van der Waals surface area contributed by atoms with Crippen molar-refractivity contribution in [3.8, 4) is 0 Å². The van der Waals surface area contributed by atoms with Gasteiger partial charge in [-0.25, -0.2) is 0 Å². The number of hydrogen-bond acceptors (Lipinski definition) is 2. The predicted octanol–water partition coefficient (Wildman–Crippen LogP) is 2.79. The van der Waals surface area contributed by atoms with Gasteiger partial charge in [-0.1, -0.05) is 11.6 Å². The molecule has 1 aromatic rings. The van der Waals surface area contributed by atoms with E-state index in [1.807, 2.05) is 18.2 Å². The molecule has 0 saturated carbocycles. The number of benzene rings is 1. The van der Waals surface area contributed by atoms with E-state index in [-0.39, 0.29) is 12.0 Å². The van der Waals surface area contributed by atoms with E-state index in [4.69, 9.17) is 16.7 Å². The molecule has 0 aromatic heterocycles. The lowest BCUT2D eigenvalue weighted by atomic mass is 9.90. The van der Waals surface area contributed by atoms with Gasteiger partial charge in [-0.05, 0) is 43.5 Å². The molecule has 0 bridgehead atoms. The van der Waals surface area contributed by atoms with E-state index in [9.17, 15) is 4.79 Å². The minimum Gasteiger partial charge on any atom is -0.481 e. The average Bonchev–Trinajstić information content (AvgIpc) is 2.27. The normalized spacial score (nSPS) is 20.8. The van der Waals surface area contributed by atoms with E-state index in [2.05, 4.69) is 5.32 Å². The molecule has 2 rings (SSSR count). The molecule has 1 aromatic carbocycles. The summed E-state index contributed by atoms with van der Waals surface area (Å²) < 4.78 is 0. The van der Waals surface area contributed by atoms with Gasteiger partial charge in [0.15, 0.2) is 0 Å². The lowest BCUT2D eigenvalue weighted by Gasteiger charge is -2.29. The number of anilines is 1. The molecule has 0 radical (unpaired) electrons. The second-order valence-electron chi connectivity index (χ2n) is 4.22. The Morgan fingerprint density at radius 2 is 2.38 bits per heavy atom. The van der Waals surface area contributed by atoms with Crippen molar-refractivity contribution in [3.63, 3.8) is 0 Å². The van der Waals surface area contributed by atoms with Crippen LogP contribution in [0.25, 0.3) is 0 Å². The average molecular weight is 240 g/mol. The first-order chi connectivity index (χ1) is 7.58. The van der Waals surface area contributed by atoms with Gasteiger partial charge in [0, 0.05) is 16.8 Å². The SMILES string of the molecule is CC(C(=O)O)C1CCc2cc(Cl)ccc2N1. The number of carboxylic acid groups (broad SMARTS) is 1. The largest absolute Gasteiger partial charge is 0.481 e. The zero-order valence-corrected chi connectivity index (χ0v) is 9.79. The van der Waals surface area contributed by atoms with Crippen molar-refractivity contribution in [3.05, 3.63) is 28.8 Å². The second-order valence-corrected chi connectivity index (χ2v) is 4.65. The Morgan fingerprint density at radius 3 is 3.06 bits per heavy atom. The van der Waals surface area contributed by atoms with Crippen LogP contribution < -0.4 is 5.32 Å². The number of fused-ring (bicyclic) bond motifs is 1. The first-order valence-corrected chi connectivity index (χ1v) is 5.73. The Kier molecular flexibility index (Phi) is 3.06. The van der Waals surface area contributed by atoms with E-state index < -0.39 is 5.97 Å². The predicted molar refractivity (Wildman–Crippen MR) is 64.0 cm³/mol. The summed E-state index contributed by atoms with van der Waals surface area (Å²) in [7, 11) is 0. The minimum atomic E-state index is -0.755. The molecule has 86 valence electrons. The van der Waals surface area contributed by atoms with Gasteiger partial charge >= 0.3 is 5.97 Å². The van der Waals surface area contributed by atoms with E-state index >= 15 is 0 Å². The molecule has 1 heterocycles. The molecule has 2 unspecified atom stereocenters. The van der Waals surface area contributed by atoms with Gasteiger partial charge in [0.25, 0.3) is 0 Å². The molecule has 0 spiro atoms. The molecule has 0 saturated heterocycles. The van der Waals surface area contributed by atoms with E-state index in [1.165, 1.54) is 5.56 Å². The van der Waals surface area contributed by atoms with Crippen LogP contribution in [0, 0.1) is 5.92 Å². The number of aryl methyl sites for hydroxylation is 1. The Labute approximate surface area is 99.4 Å². The third-order valence-corrected chi connectivity index (χ3v) is 3.36. The van der Waals surface area contributed by atoms with Crippen molar-refractivity contribution in [2.45, 2.75) is 25.8 Å². The highest BCUT2D eigenvalue weighted by atomic mass is 35.5. The Bertz CT molecular complexity index is 419. The molecule has 4 heteroatoms. The van der Waals surface area contributed by atoms with Crippen LogP contribution in [0.2, 0.25) is 5.02 Å². The van der Waals surface area contributed by atoms with Crippen LogP contribution in [0.1, 0.15) is 18.9 Å². The highest BCUT2D eigenvalue weighted by Gasteiger charge is 2.27. The molecular weight excluding hydrogens is 226 g/mol. The van der Waals surface area contributed by atoms with Gasteiger partial charge < -0.3 is 10.4 Å². The lowest BCUT2D eigenvalue weighted by Crippen LogP contribution is -2.35. The zero-order valence-electron chi connectivity index (χ0n) is 9.03. The van der Waals surface area contributed by atoms with Crippen molar-refractivity contribution in [1.29, 1.82) is 0 Å². The van der Waals surface area contributed by atoms with Crippen LogP contribution >= 0.6 is 11.6 Å². The van der Waals surface area contributed by atoms with Crippen LogP contribution in [0.4, 0.5) is 5.69 Å². The van der Waals surface area contributed by atoms with Crippen LogP contribution in [0.3, 0.4) is 0 Å². The molecule has 0 fully saturated rings. The summed E-state index contributed by atoms with van der Waals surface area (Å²) >= 11 is 5.90. The smallest absolute Gasteiger partial charge is 0.308 e. The summed E-state index contributed by atoms with van der Waals surface area (Å²) in [5.41, 5.74) is 2.18. The number of rotatable bonds is 2. The zero-order chi connectivity index (χ0) is 11.7. The third-order valence-electron chi connectivity index (χ3n) is 3.13. The molecule has 0 aliphatic carbocycles. The highest BCUT2D eigenvalue weighted by molar-refractivity contribution is 6.30. The fourth-order valence-electron chi connectivity index (χ4n) is 2.04. The number of carboxylic acids is 1. The molecule has 2 N–H and O–H groups in total. The second kappa shape index (κ2) is 4.34. The fraction of sp³-hybridized carbons (Fsp3) is 0.417. The van der Waals surface area contributed by atoms with Crippen molar-refractivity contribution in [1.82, 2.24) is 0 Å². The molecular formula is C12H14ClNO2. The maximum atomic E-state index is 10.9. The standard InChI is InChI=1S/C12H14ClNO2/c1-7(12(15)16)10-4-2-8-6-9(13)3-5-11(8)14-10/h3,5-7,10,14H,2,4H2,1H3,(H,15,16). The van der Waals surface area contributed by atoms with Gasteiger partial charge in [-0.3, -0.25) is 4.79 Å². The summed E-state index contributed by atoms with van der Waals surface area (Å²) in [5.74, 6) is -1.13. The van der Waals surface area contributed by atoms with Gasteiger partial charge in [0.05, 0.1) is 5.92 Å². The van der Waals surface area contributed by atoms with E-state index in [0.29, 0.717) is 0 Å². The van der Waals surface area contributed by atoms with Gasteiger partial charge in [0.2, 0.25) is 0 Å². The number of carbonyl (C=O) groups is 1. The number of aliphatic carboxylic acids is 1. The minimum absolute atomic E-state index is 0.00572. The molecule has 0 amide bonds. The molecule has 2 atom stereocenters. The summed E-state index contributed by atoms with van der Waals surface area (Å²) in [6.45, 7) is 1.74. The maximum absolute atomic E-state index is 10.9. The van der Waals surface area contributed by atoms with Crippen LogP contribution in [0.5, 0.6) is 0 Å². The van der Waals surface area contributed by atoms with E-state index in [1.54, 1.807) is 6.92 Å². The molecule has 3 nitrogen and oxygen atoms in total. The van der Waals surface area contributed by atoms with Crippen LogP contribution in [0.15, 0.2) is 18.2 Å². The Hall–Kier alpha value is -1.22. The quantitative estimate of drug-likeness (QED) is 0.835. The fourth-order valence-corrected chi connectivity index (χ4v) is 2.23. The van der Waals surface area contributed by atoms with Crippen molar-refractivity contribution >= 4 is 23.3 Å². The Balaban J connectivity index is 2.18. The molecule has 1 aliphatic rings. The summed E-state index contributed by atoms with van der Waals surface area (Å²) in [6, 6.07) is 5.68. The number of hydrogen-bond donors (Lipinski definition) is 2. The summed E-state index contributed by atoms with van der Waals surface area (Å²) in [6.07, 6.45) is 1.71. The number of halogens is 1. The maximum Gasteiger partial charge on any atom is 0.308 e. The third kappa shape index (κ3) is 2.14. The van der Waals surface area contributed by atoms with Gasteiger partial charge in [-0.2, -0.15) is 0 Å². The Morgan fingerprint density at radius 1 is 1.62 bits per heavy atom. The van der Waals surface area contributed by atoms with Gasteiger partial charge in [0.1, 0.15) is 0 Å². The first kappa shape index (κ1) is 11.3. The lowest BCUT2D eigenvalue weighted by molar-refractivity contribution is -0.141. The summed E-state index contributed by atoms with van der Waals surface area (Å²) in [5, 5.41) is 13.0.